The highest BCUT2D eigenvalue weighted by Gasteiger charge is 2.56. The molecule has 2 nitrogen and oxygen atoms in total. The first-order valence-corrected chi connectivity index (χ1v) is 8.07. The smallest absolute Gasteiger partial charge is 0.0970 e. The van der Waals surface area contributed by atoms with E-state index in [4.69, 9.17) is 5.73 Å². The minimum Gasteiger partial charge on any atom is -0.385 e. The van der Waals surface area contributed by atoms with Crippen molar-refractivity contribution >= 4 is 0 Å². The molecule has 0 heterocycles. The fourth-order valence-corrected chi connectivity index (χ4v) is 4.61. The summed E-state index contributed by atoms with van der Waals surface area (Å²) in [7, 11) is 0. The zero-order valence-corrected chi connectivity index (χ0v) is 12.8. The largest absolute Gasteiger partial charge is 0.385 e. The molecule has 1 aromatic carbocycles. The van der Waals surface area contributed by atoms with Crippen LogP contribution in [0.5, 0.6) is 0 Å². The minimum atomic E-state index is -0.701. The first kappa shape index (κ1) is 14.1. The average molecular weight is 273 g/mol. The zero-order valence-electron chi connectivity index (χ0n) is 12.8. The molecular formula is C18H27NO. The molecule has 0 aromatic heterocycles. The molecule has 2 heteroatoms. The Morgan fingerprint density at radius 1 is 1.35 bits per heavy atom. The van der Waals surface area contributed by atoms with Crippen molar-refractivity contribution in [1.29, 1.82) is 0 Å². The number of nitrogens with two attached hydrogens (primary N) is 1. The molecule has 3 rings (SSSR count). The molecule has 0 saturated heterocycles. The summed E-state index contributed by atoms with van der Waals surface area (Å²) in [5.41, 5.74) is 9.11. The van der Waals surface area contributed by atoms with Gasteiger partial charge in [0.2, 0.25) is 0 Å². The van der Waals surface area contributed by atoms with Gasteiger partial charge >= 0.3 is 0 Å². The van der Waals surface area contributed by atoms with E-state index in [0.717, 1.165) is 31.6 Å². The normalized spacial score (nSPS) is 36.3. The lowest BCUT2D eigenvalue weighted by Gasteiger charge is -2.43. The maximum absolute atomic E-state index is 11.6. The van der Waals surface area contributed by atoms with E-state index in [-0.39, 0.29) is 5.41 Å². The van der Waals surface area contributed by atoms with Gasteiger partial charge in [0, 0.05) is 12.0 Å². The van der Waals surface area contributed by atoms with Crippen LogP contribution in [0.25, 0.3) is 0 Å². The van der Waals surface area contributed by atoms with Crippen molar-refractivity contribution in [3.8, 4) is 0 Å². The van der Waals surface area contributed by atoms with Crippen molar-refractivity contribution in [2.45, 2.75) is 58.0 Å². The Hall–Kier alpha value is -0.860. The van der Waals surface area contributed by atoms with Crippen LogP contribution in [0.15, 0.2) is 18.2 Å². The van der Waals surface area contributed by atoms with Crippen molar-refractivity contribution in [2.24, 2.45) is 17.1 Å². The van der Waals surface area contributed by atoms with Crippen LogP contribution in [0, 0.1) is 18.3 Å². The molecule has 1 aromatic rings. The fourth-order valence-electron chi connectivity index (χ4n) is 4.61. The first-order valence-electron chi connectivity index (χ1n) is 8.07. The number of hydrogen-bond donors (Lipinski definition) is 2. The Morgan fingerprint density at radius 3 is 2.80 bits per heavy atom. The van der Waals surface area contributed by atoms with E-state index in [1.807, 2.05) is 0 Å². The maximum Gasteiger partial charge on any atom is 0.0970 e. The molecule has 0 amide bonds. The van der Waals surface area contributed by atoms with Gasteiger partial charge in [-0.05, 0) is 56.1 Å². The van der Waals surface area contributed by atoms with E-state index in [1.54, 1.807) is 0 Å². The second-order valence-corrected chi connectivity index (χ2v) is 7.02. The van der Waals surface area contributed by atoms with E-state index in [0.29, 0.717) is 6.54 Å². The highest BCUT2D eigenvalue weighted by atomic mass is 16.3. The van der Waals surface area contributed by atoms with E-state index >= 15 is 0 Å². The van der Waals surface area contributed by atoms with Crippen molar-refractivity contribution < 1.29 is 5.11 Å². The van der Waals surface area contributed by atoms with E-state index in [9.17, 15) is 5.11 Å². The number of aliphatic hydroxyl groups is 1. The Balaban J connectivity index is 2.03. The standard InChI is InChI=1S/C18H27NO/c1-3-14-6-8-17(11-14,12-19)18(20)9-7-15-5-4-13(2)10-16(15)18/h4-5,10,14,20H,3,6-9,11-12,19H2,1-2H3. The van der Waals surface area contributed by atoms with Gasteiger partial charge in [-0.3, -0.25) is 0 Å². The predicted molar refractivity (Wildman–Crippen MR) is 82.5 cm³/mol. The molecule has 1 saturated carbocycles. The second kappa shape index (κ2) is 4.85. The second-order valence-electron chi connectivity index (χ2n) is 7.02. The molecule has 3 N–H and O–H groups in total. The minimum absolute atomic E-state index is 0.104. The summed E-state index contributed by atoms with van der Waals surface area (Å²) in [6.45, 7) is 4.97. The van der Waals surface area contributed by atoms with Crippen LogP contribution in [-0.4, -0.2) is 11.7 Å². The Labute approximate surface area is 122 Å². The van der Waals surface area contributed by atoms with Crippen LogP contribution in [-0.2, 0) is 12.0 Å². The van der Waals surface area contributed by atoms with Gasteiger partial charge in [0.1, 0.15) is 0 Å². The monoisotopic (exact) mass is 273 g/mol. The molecule has 0 radical (unpaired) electrons. The molecule has 0 bridgehead atoms. The Bertz CT molecular complexity index is 512. The third-order valence-corrected chi connectivity index (χ3v) is 6.02. The number of benzene rings is 1. The summed E-state index contributed by atoms with van der Waals surface area (Å²) < 4.78 is 0. The summed E-state index contributed by atoms with van der Waals surface area (Å²) in [4.78, 5) is 0. The predicted octanol–water partition coefficient (Wildman–Crippen LogP) is 3.28. The lowest BCUT2D eigenvalue weighted by atomic mass is 9.67. The summed E-state index contributed by atoms with van der Waals surface area (Å²) in [5, 5.41) is 11.6. The summed E-state index contributed by atoms with van der Waals surface area (Å²) in [6, 6.07) is 6.54. The van der Waals surface area contributed by atoms with Crippen LogP contribution >= 0.6 is 0 Å². The van der Waals surface area contributed by atoms with Gasteiger partial charge in [-0.25, -0.2) is 0 Å². The van der Waals surface area contributed by atoms with E-state index < -0.39 is 5.60 Å². The fraction of sp³-hybridized carbons (Fsp3) is 0.667. The molecule has 2 aliphatic carbocycles. The zero-order chi connectivity index (χ0) is 14.4. The quantitative estimate of drug-likeness (QED) is 0.887. The van der Waals surface area contributed by atoms with Gasteiger partial charge < -0.3 is 10.8 Å². The summed E-state index contributed by atoms with van der Waals surface area (Å²) >= 11 is 0. The van der Waals surface area contributed by atoms with E-state index in [2.05, 4.69) is 32.0 Å². The number of fused-ring (bicyclic) bond motifs is 1. The maximum atomic E-state index is 11.6. The van der Waals surface area contributed by atoms with Gasteiger partial charge in [0.15, 0.2) is 0 Å². The van der Waals surface area contributed by atoms with Crippen molar-refractivity contribution in [3.63, 3.8) is 0 Å². The van der Waals surface area contributed by atoms with Gasteiger partial charge in [0.25, 0.3) is 0 Å². The Kier molecular flexibility index (Phi) is 3.42. The van der Waals surface area contributed by atoms with Gasteiger partial charge in [-0.2, -0.15) is 0 Å². The number of rotatable bonds is 3. The summed E-state index contributed by atoms with van der Waals surface area (Å²) in [5.74, 6) is 0.733. The SMILES string of the molecule is CCC1CCC(CN)(C2(O)CCc3ccc(C)cc32)C1. The molecule has 110 valence electrons. The highest BCUT2D eigenvalue weighted by Crippen LogP contribution is 2.58. The van der Waals surface area contributed by atoms with Gasteiger partial charge in [-0.1, -0.05) is 37.1 Å². The lowest BCUT2D eigenvalue weighted by Crippen LogP contribution is -2.47. The summed E-state index contributed by atoms with van der Waals surface area (Å²) in [6.07, 6.45) is 6.43. The van der Waals surface area contributed by atoms with Gasteiger partial charge in [0.05, 0.1) is 5.60 Å². The third kappa shape index (κ3) is 1.85. The topological polar surface area (TPSA) is 46.2 Å². The molecule has 0 spiro atoms. The van der Waals surface area contributed by atoms with Crippen LogP contribution in [0.1, 0.15) is 55.7 Å². The van der Waals surface area contributed by atoms with Crippen LogP contribution < -0.4 is 5.73 Å². The Morgan fingerprint density at radius 2 is 2.15 bits per heavy atom. The molecule has 3 unspecified atom stereocenters. The molecule has 0 aliphatic heterocycles. The first-order chi connectivity index (χ1) is 9.54. The number of aryl methyl sites for hydroxylation is 2. The van der Waals surface area contributed by atoms with Crippen LogP contribution in [0.4, 0.5) is 0 Å². The molecule has 1 fully saturated rings. The third-order valence-electron chi connectivity index (χ3n) is 6.02. The highest BCUT2D eigenvalue weighted by molar-refractivity contribution is 5.42. The van der Waals surface area contributed by atoms with Crippen LogP contribution in [0.2, 0.25) is 0 Å². The van der Waals surface area contributed by atoms with Crippen LogP contribution in [0.3, 0.4) is 0 Å². The van der Waals surface area contributed by atoms with Crippen molar-refractivity contribution in [3.05, 3.63) is 34.9 Å². The number of hydrogen-bond acceptors (Lipinski definition) is 2. The van der Waals surface area contributed by atoms with Crippen molar-refractivity contribution in [2.75, 3.05) is 6.54 Å². The van der Waals surface area contributed by atoms with Gasteiger partial charge in [-0.15, -0.1) is 0 Å². The van der Waals surface area contributed by atoms with Crippen molar-refractivity contribution in [1.82, 2.24) is 0 Å². The molecule has 2 aliphatic rings. The molecule has 3 atom stereocenters. The lowest BCUT2D eigenvalue weighted by molar-refractivity contribution is -0.0855. The van der Waals surface area contributed by atoms with E-state index in [1.165, 1.54) is 29.5 Å². The molecular weight excluding hydrogens is 246 g/mol. The molecule has 20 heavy (non-hydrogen) atoms. The average Bonchev–Trinajstić information content (AvgIpc) is 3.03.